The maximum Gasteiger partial charge on any atom is 0.0262 e. The first-order valence-electron chi connectivity index (χ1n) is 5.11. The number of hydrogen-bond donors (Lipinski definition) is 1. The van der Waals surface area contributed by atoms with Gasteiger partial charge in [0.15, 0.2) is 0 Å². The highest BCUT2D eigenvalue weighted by Crippen LogP contribution is 2.65. The van der Waals surface area contributed by atoms with Gasteiger partial charge in [-0.25, -0.2) is 0 Å². The molecule has 2 aliphatic carbocycles. The fourth-order valence-electron chi connectivity index (χ4n) is 3.16. The Morgan fingerprint density at radius 2 is 1.85 bits per heavy atom. The summed E-state index contributed by atoms with van der Waals surface area (Å²) in [6.07, 6.45) is 5.05. The van der Waals surface area contributed by atoms with Crippen molar-refractivity contribution in [2.24, 2.45) is 5.73 Å². The average molecular weight is 173 g/mol. The van der Waals surface area contributed by atoms with Gasteiger partial charge in [-0.2, -0.15) is 0 Å². The summed E-state index contributed by atoms with van der Waals surface area (Å²) in [5.74, 6) is 0. The second kappa shape index (κ2) is 2.16. The molecule has 13 heavy (non-hydrogen) atoms. The molecule has 0 amide bonds. The van der Waals surface area contributed by atoms with Gasteiger partial charge in [0.25, 0.3) is 0 Å². The SMILES string of the molecule is NC12CCCC1(c1ccccc1)C2. The van der Waals surface area contributed by atoms with Gasteiger partial charge in [-0.1, -0.05) is 36.8 Å². The minimum atomic E-state index is 0.161. The van der Waals surface area contributed by atoms with Crippen LogP contribution in [0.1, 0.15) is 31.2 Å². The summed E-state index contributed by atoms with van der Waals surface area (Å²) < 4.78 is 0. The molecule has 0 spiro atoms. The van der Waals surface area contributed by atoms with E-state index in [2.05, 4.69) is 30.3 Å². The first-order valence-corrected chi connectivity index (χ1v) is 5.11. The normalized spacial score (nSPS) is 41.6. The zero-order valence-corrected chi connectivity index (χ0v) is 7.79. The van der Waals surface area contributed by atoms with Crippen LogP contribution in [0.4, 0.5) is 0 Å². The van der Waals surface area contributed by atoms with Crippen LogP contribution in [0, 0.1) is 0 Å². The molecule has 1 heteroatoms. The molecule has 0 aliphatic heterocycles. The molecule has 2 aliphatic rings. The minimum absolute atomic E-state index is 0.161. The first-order chi connectivity index (χ1) is 6.27. The smallest absolute Gasteiger partial charge is 0.0262 e. The van der Waals surface area contributed by atoms with Gasteiger partial charge < -0.3 is 5.73 Å². The van der Waals surface area contributed by atoms with Crippen molar-refractivity contribution in [3.8, 4) is 0 Å². The zero-order chi connectivity index (χ0) is 8.94. The van der Waals surface area contributed by atoms with Gasteiger partial charge in [0.05, 0.1) is 0 Å². The lowest BCUT2D eigenvalue weighted by Crippen LogP contribution is -2.27. The van der Waals surface area contributed by atoms with Crippen LogP contribution in [-0.4, -0.2) is 5.54 Å². The van der Waals surface area contributed by atoms with Gasteiger partial charge in [-0.3, -0.25) is 0 Å². The Morgan fingerprint density at radius 3 is 2.38 bits per heavy atom. The molecule has 68 valence electrons. The molecule has 1 aromatic carbocycles. The van der Waals surface area contributed by atoms with Crippen LogP contribution < -0.4 is 5.73 Å². The Bertz CT molecular complexity index is 328. The van der Waals surface area contributed by atoms with Crippen molar-refractivity contribution in [1.82, 2.24) is 0 Å². The van der Waals surface area contributed by atoms with Crippen molar-refractivity contribution in [3.05, 3.63) is 35.9 Å². The maximum absolute atomic E-state index is 6.32. The number of hydrogen-bond acceptors (Lipinski definition) is 1. The van der Waals surface area contributed by atoms with Crippen LogP contribution >= 0.6 is 0 Å². The topological polar surface area (TPSA) is 26.0 Å². The molecule has 0 aromatic heterocycles. The Hall–Kier alpha value is -0.820. The second-order valence-electron chi connectivity index (χ2n) is 4.63. The lowest BCUT2D eigenvalue weighted by molar-refractivity contribution is 0.611. The van der Waals surface area contributed by atoms with Crippen LogP contribution in [0.5, 0.6) is 0 Å². The Morgan fingerprint density at radius 1 is 1.08 bits per heavy atom. The molecular formula is C12H15N. The van der Waals surface area contributed by atoms with Crippen molar-refractivity contribution in [2.45, 2.75) is 36.6 Å². The van der Waals surface area contributed by atoms with E-state index in [-0.39, 0.29) is 5.54 Å². The highest BCUT2D eigenvalue weighted by Gasteiger charge is 2.67. The summed E-state index contributed by atoms with van der Waals surface area (Å²) in [5, 5.41) is 0. The van der Waals surface area contributed by atoms with E-state index in [4.69, 9.17) is 5.73 Å². The quantitative estimate of drug-likeness (QED) is 0.692. The van der Waals surface area contributed by atoms with E-state index in [9.17, 15) is 0 Å². The van der Waals surface area contributed by atoms with Gasteiger partial charge >= 0.3 is 0 Å². The average Bonchev–Trinajstić information content (AvgIpc) is 2.63. The number of fused-ring (bicyclic) bond motifs is 1. The third-order valence-corrected chi connectivity index (χ3v) is 4.00. The van der Waals surface area contributed by atoms with Crippen molar-refractivity contribution in [3.63, 3.8) is 0 Å². The molecule has 1 nitrogen and oxygen atoms in total. The van der Waals surface area contributed by atoms with E-state index in [1.165, 1.54) is 31.2 Å². The minimum Gasteiger partial charge on any atom is -0.324 e. The summed E-state index contributed by atoms with van der Waals surface area (Å²) in [5.41, 5.74) is 8.32. The zero-order valence-electron chi connectivity index (χ0n) is 7.79. The molecule has 0 saturated heterocycles. The van der Waals surface area contributed by atoms with Crippen molar-refractivity contribution in [2.75, 3.05) is 0 Å². The summed E-state index contributed by atoms with van der Waals surface area (Å²) in [6, 6.07) is 10.8. The number of rotatable bonds is 1. The molecular weight excluding hydrogens is 158 g/mol. The Labute approximate surface area is 78.9 Å². The van der Waals surface area contributed by atoms with E-state index >= 15 is 0 Å². The summed E-state index contributed by atoms with van der Waals surface area (Å²) in [6.45, 7) is 0. The lowest BCUT2D eigenvalue weighted by atomic mass is 9.92. The standard InChI is InChI=1S/C12H15N/c13-12-8-4-7-11(12,9-12)10-5-2-1-3-6-10/h1-3,5-6H,4,7-9,13H2. The molecule has 1 aromatic rings. The van der Waals surface area contributed by atoms with Crippen LogP contribution in [0.15, 0.2) is 30.3 Å². The van der Waals surface area contributed by atoms with Crippen LogP contribution in [-0.2, 0) is 5.41 Å². The van der Waals surface area contributed by atoms with Crippen molar-refractivity contribution < 1.29 is 0 Å². The predicted octanol–water partition coefficient (Wildman–Crippen LogP) is 2.21. The van der Waals surface area contributed by atoms with Gasteiger partial charge in [-0.05, 0) is 24.8 Å². The molecule has 2 saturated carbocycles. The highest BCUT2D eigenvalue weighted by molar-refractivity contribution is 5.43. The van der Waals surface area contributed by atoms with Gasteiger partial charge in [0.1, 0.15) is 0 Å². The van der Waals surface area contributed by atoms with Gasteiger partial charge in [-0.15, -0.1) is 0 Å². The predicted molar refractivity (Wildman–Crippen MR) is 53.5 cm³/mol. The Balaban J connectivity index is 2.04. The second-order valence-corrected chi connectivity index (χ2v) is 4.63. The fraction of sp³-hybridized carbons (Fsp3) is 0.500. The molecule has 2 atom stereocenters. The molecule has 0 heterocycles. The van der Waals surface area contributed by atoms with Crippen molar-refractivity contribution in [1.29, 1.82) is 0 Å². The van der Waals surface area contributed by atoms with E-state index in [0.29, 0.717) is 5.41 Å². The monoisotopic (exact) mass is 173 g/mol. The number of benzene rings is 1. The summed E-state index contributed by atoms with van der Waals surface area (Å²) >= 11 is 0. The fourth-order valence-corrected chi connectivity index (χ4v) is 3.16. The van der Waals surface area contributed by atoms with Crippen molar-refractivity contribution >= 4 is 0 Å². The van der Waals surface area contributed by atoms with Gasteiger partial charge in [0, 0.05) is 11.0 Å². The molecule has 2 fully saturated rings. The first kappa shape index (κ1) is 7.57. The molecule has 3 rings (SSSR count). The van der Waals surface area contributed by atoms with E-state index in [1.54, 1.807) is 0 Å². The highest BCUT2D eigenvalue weighted by atomic mass is 14.9. The van der Waals surface area contributed by atoms with Crippen LogP contribution in [0.25, 0.3) is 0 Å². The summed E-state index contributed by atoms with van der Waals surface area (Å²) in [7, 11) is 0. The third-order valence-electron chi connectivity index (χ3n) is 4.00. The summed E-state index contributed by atoms with van der Waals surface area (Å²) in [4.78, 5) is 0. The molecule has 0 bridgehead atoms. The number of nitrogens with two attached hydrogens (primary N) is 1. The maximum atomic E-state index is 6.32. The molecule has 2 unspecified atom stereocenters. The van der Waals surface area contributed by atoms with E-state index in [0.717, 1.165) is 0 Å². The molecule has 2 N–H and O–H groups in total. The van der Waals surface area contributed by atoms with E-state index < -0.39 is 0 Å². The van der Waals surface area contributed by atoms with E-state index in [1.807, 2.05) is 0 Å². The van der Waals surface area contributed by atoms with Crippen LogP contribution in [0.3, 0.4) is 0 Å². The van der Waals surface area contributed by atoms with Crippen LogP contribution in [0.2, 0.25) is 0 Å². The van der Waals surface area contributed by atoms with Gasteiger partial charge in [0.2, 0.25) is 0 Å². The Kier molecular flexibility index (Phi) is 1.26. The lowest BCUT2D eigenvalue weighted by Gasteiger charge is -2.14. The molecule has 0 radical (unpaired) electrons. The third kappa shape index (κ3) is 0.806. The largest absolute Gasteiger partial charge is 0.324 e.